The van der Waals surface area contributed by atoms with Gasteiger partial charge in [0.1, 0.15) is 17.0 Å². The van der Waals surface area contributed by atoms with Gasteiger partial charge in [-0.1, -0.05) is 0 Å². The minimum atomic E-state index is 0.0935. The molecule has 1 aliphatic rings. The van der Waals surface area contributed by atoms with E-state index in [0.29, 0.717) is 13.0 Å². The summed E-state index contributed by atoms with van der Waals surface area (Å²) >= 11 is 1.68. The Bertz CT molecular complexity index is 622. The summed E-state index contributed by atoms with van der Waals surface area (Å²) in [5.41, 5.74) is 1.22. The standard InChI is InChI=1S/C12H14N4OS/c1-6-7(2)18-12-10(6)11(14-5-15-12)16-8-3-9(17)13-4-8/h5,8H,3-4H2,1-2H3,(H,13,17)(H,14,15,16). The van der Waals surface area contributed by atoms with Crippen molar-refractivity contribution in [3.05, 3.63) is 16.8 Å². The number of carbonyl (C=O) groups is 1. The number of hydrogen-bond acceptors (Lipinski definition) is 5. The summed E-state index contributed by atoms with van der Waals surface area (Å²) in [7, 11) is 0. The van der Waals surface area contributed by atoms with Crippen molar-refractivity contribution in [1.29, 1.82) is 0 Å². The molecule has 5 nitrogen and oxygen atoms in total. The van der Waals surface area contributed by atoms with E-state index in [2.05, 4.69) is 34.4 Å². The van der Waals surface area contributed by atoms with Gasteiger partial charge in [-0.2, -0.15) is 0 Å². The molecule has 3 rings (SSSR count). The number of carbonyl (C=O) groups excluding carboxylic acids is 1. The van der Waals surface area contributed by atoms with Crippen LogP contribution in [0, 0.1) is 13.8 Å². The van der Waals surface area contributed by atoms with Crippen molar-refractivity contribution in [2.75, 3.05) is 11.9 Å². The second-order valence-corrected chi connectivity index (χ2v) is 5.74. The highest BCUT2D eigenvalue weighted by Crippen LogP contribution is 2.32. The van der Waals surface area contributed by atoms with Gasteiger partial charge in [-0.05, 0) is 19.4 Å². The smallest absolute Gasteiger partial charge is 0.222 e. The SMILES string of the molecule is Cc1sc2ncnc(NC3CNC(=O)C3)c2c1C. The molecule has 0 radical (unpaired) electrons. The zero-order valence-electron chi connectivity index (χ0n) is 10.3. The van der Waals surface area contributed by atoms with Crippen LogP contribution in [0.4, 0.5) is 5.82 Å². The van der Waals surface area contributed by atoms with Crippen molar-refractivity contribution in [2.24, 2.45) is 0 Å². The summed E-state index contributed by atoms with van der Waals surface area (Å²) < 4.78 is 0. The minimum Gasteiger partial charge on any atom is -0.364 e. The minimum absolute atomic E-state index is 0.0935. The molecule has 0 spiro atoms. The van der Waals surface area contributed by atoms with E-state index in [1.165, 1.54) is 10.4 Å². The zero-order valence-corrected chi connectivity index (χ0v) is 11.1. The quantitative estimate of drug-likeness (QED) is 0.863. The summed E-state index contributed by atoms with van der Waals surface area (Å²) in [6.07, 6.45) is 2.08. The van der Waals surface area contributed by atoms with Gasteiger partial charge in [0.05, 0.1) is 11.4 Å². The lowest BCUT2D eigenvalue weighted by molar-refractivity contribution is -0.119. The molecule has 3 heterocycles. The van der Waals surface area contributed by atoms with Crippen LogP contribution in [0.25, 0.3) is 10.2 Å². The van der Waals surface area contributed by atoms with Crippen LogP contribution in [0.15, 0.2) is 6.33 Å². The van der Waals surface area contributed by atoms with Crippen LogP contribution in [0.3, 0.4) is 0 Å². The van der Waals surface area contributed by atoms with E-state index >= 15 is 0 Å². The highest BCUT2D eigenvalue weighted by Gasteiger charge is 2.23. The number of fused-ring (bicyclic) bond motifs is 1. The molecule has 1 saturated heterocycles. The Morgan fingerprint density at radius 3 is 3.00 bits per heavy atom. The van der Waals surface area contributed by atoms with Gasteiger partial charge in [0.15, 0.2) is 0 Å². The van der Waals surface area contributed by atoms with Crippen LogP contribution in [-0.4, -0.2) is 28.5 Å². The largest absolute Gasteiger partial charge is 0.364 e. The van der Waals surface area contributed by atoms with Crippen molar-refractivity contribution in [3.8, 4) is 0 Å². The van der Waals surface area contributed by atoms with Crippen LogP contribution in [0.2, 0.25) is 0 Å². The van der Waals surface area contributed by atoms with Crippen molar-refractivity contribution in [3.63, 3.8) is 0 Å². The van der Waals surface area contributed by atoms with E-state index in [4.69, 9.17) is 0 Å². The number of aryl methyl sites for hydroxylation is 2. The Labute approximate surface area is 109 Å². The third-order valence-electron chi connectivity index (χ3n) is 3.28. The molecule has 18 heavy (non-hydrogen) atoms. The Kier molecular flexibility index (Phi) is 2.66. The molecule has 1 unspecified atom stereocenters. The van der Waals surface area contributed by atoms with Gasteiger partial charge < -0.3 is 10.6 Å². The molecule has 2 N–H and O–H groups in total. The van der Waals surface area contributed by atoms with Crippen molar-refractivity contribution < 1.29 is 4.79 Å². The fourth-order valence-electron chi connectivity index (χ4n) is 2.19. The van der Waals surface area contributed by atoms with Gasteiger partial charge in [-0.3, -0.25) is 4.79 Å². The van der Waals surface area contributed by atoms with Crippen LogP contribution in [0.1, 0.15) is 16.9 Å². The van der Waals surface area contributed by atoms with Gasteiger partial charge in [-0.15, -0.1) is 11.3 Å². The fraction of sp³-hybridized carbons (Fsp3) is 0.417. The molecular formula is C12H14N4OS. The monoisotopic (exact) mass is 262 g/mol. The van der Waals surface area contributed by atoms with E-state index in [1.807, 2.05) is 0 Å². The molecule has 94 valence electrons. The predicted molar refractivity (Wildman–Crippen MR) is 71.9 cm³/mol. The second kappa shape index (κ2) is 4.20. The van der Waals surface area contributed by atoms with Gasteiger partial charge >= 0.3 is 0 Å². The van der Waals surface area contributed by atoms with Crippen LogP contribution in [-0.2, 0) is 4.79 Å². The van der Waals surface area contributed by atoms with Gasteiger partial charge in [0.2, 0.25) is 5.91 Å². The molecule has 1 amide bonds. The number of aromatic nitrogens is 2. The lowest BCUT2D eigenvalue weighted by atomic mass is 10.2. The average molecular weight is 262 g/mol. The first-order chi connectivity index (χ1) is 8.65. The number of rotatable bonds is 2. The third kappa shape index (κ3) is 1.82. The Morgan fingerprint density at radius 1 is 1.44 bits per heavy atom. The summed E-state index contributed by atoms with van der Waals surface area (Å²) in [4.78, 5) is 22.1. The van der Waals surface area contributed by atoms with E-state index in [0.717, 1.165) is 16.0 Å². The molecule has 1 atom stereocenters. The maximum atomic E-state index is 11.2. The molecular weight excluding hydrogens is 248 g/mol. The lowest BCUT2D eigenvalue weighted by Crippen LogP contribution is -2.23. The van der Waals surface area contributed by atoms with E-state index in [-0.39, 0.29) is 11.9 Å². The summed E-state index contributed by atoms with van der Waals surface area (Å²) in [6, 6.07) is 0.121. The predicted octanol–water partition coefficient (Wildman–Crippen LogP) is 1.61. The number of amides is 1. The van der Waals surface area contributed by atoms with Crippen LogP contribution >= 0.6 is 11.3 Å². The molecule has 1 aliphatic heterocycles. The summed E-state index contributed by atoms with van der Waals surface area (Å²) in [5.74, 6) is 0.930. The molecule has 0 aromatic carbocycles. The summed E-state index contributed by atoms with van der Waals surface area (Å²) in [5, 5.41) is 7.24. The molecule has 2 aromatic rings. The van der Waals surface area contributed by atoms with Crippen molar-refractivity contribution >= 4 is 33.3 Å². The average Bonchev–Trinajstić information content (AvgIpc) is 2.86. The zero-order chi connectivity index (χ0) is 12.7. The van der Waals surface area contributed by atoms with Gasteiger partial charge in [-0.25, -0.2) is 9.97 Å². The first-order valence-electron chi connectivity index (χ1n) is 5.89. The summed E-state index contributed by atoms with van der Waals surface area (Å²) in [6.45, 7) is 4.83. The Balaban J connectivity index is 1.98. The second-order valence-electron chi connectivity index (χ2n) is 4.54. The van der Waals surface area contributed by atoms with Gasteiger partial charge in [0, 0.05) is 17.8 Å². The lowest BCUT2D eigenvalue weighted by Gasteiger charge is -2.12. The highest BCUT2D eigenvalue weighted by molar-refractivity contribution is 7.18. The number of nitrogens with zero attached hydrogens (tertiary/aromatic N) is 2. The fourth-order valence-corrected chi connectivity index (χ4v) is 3.19. The molecule has 1 fully saturated rings. The maximum Gasteiger partial charge on any atom is 0.222 e. The molecule has 0 aliphatic carbocycles. The maximum absolute atomic E-state index is 11.2. The van der Waals surface area contributed by atoms with Gasteiger partial charge in [0.25, 0.3) is 0 Å². The number of thiophene rings is 1. The van der Waals surface area contributed by atoms with E-state index < -0.39 is 0 Å². The molecule has 0 saturated carbocycles. The first-order valence-corrected chi connectivity index (χ1v) is 6.70. The Morgan fingerprint density at radius 2 is 2.28 bits per heavy atom. The van der Waals surface area contributed by atoms with Crippen LogP contribution in [0.5, 0.6) is 0 Å². The van der Waals surface area contributed by atoms with Crippen molar-refractivity contribution in [1.82, 2.24) is 15.3 Å². The van der Waals surface area contributed by atoms with Crippen molar-refractivity contribution in [2.45, 2.75) is 26.3 Å². The number of anilines is 1. The Hall–Kier alpha value is -1.69. The van der Waals surface area contributed by atoms with E-state index in [1.54, 1.807) is 17.7 Å². The third-order valence-corrected chi connectivity index (χ3v) is 4.40. The topological polar surface area (TPSA) is 66.9 Å². The van der Waals surface area contributed by atoms with E-state index in [9.17, 15) is 4.79 Å². The molecule has 6 heteroatoms. The van der Waals surface area contributed by atoms with Crippen LogP contribution < -0.4 is 10.6 Å². The number of hydrogen-bond donors (Lipinski definition) is 2. The number of nitrogens with one attached hydrogen (secondary N) is 2. The normalized spacial score (nSPS) is 19.2. The molecule has 2 aromatic heterocycles. The molecule has 0 bridgehead atoms. The first kappa shape index (κ1) is 11.4. The highest BCUT2D eigenvalue weighted by atomic mass is 32.1.